The average molecular weight is 438 g/mol. The summed E-state index contributed by atoms with van der Waals surface area (Å²) >= 11 is 0. The highest BCUT2D eigenvalue weighted by Gasteiger charge is 2.51. The van der Waals surface area contributed by atoms with E-state index in [1.165, 1.54) is 4.90 Å². The zero-order chi connectivity index (χ0) is 22.7. The molecule has 32 heavy (non-hydrogen) atoms. The molecule has 2 fully saturated rings. The van der Waals surface area contributed by atoms with Gasteiger partial charge in [-0.3, -0.25) is 14.4 Å². The predicted molar refractivity (Wildman–Crippen MR) is 118 cm³/mol. The van der Waals surface area contributed by atoms with Gasteiger partial charge in [0.05, 0.1) is 39.5 Å². The van der Waals surface area contributed by atoms with Gasteiger partial charge >= 0.3 is 0 Å². The molecule has 4 rings (SSSR count). The van der Waals surface area contributed by atoms with Gasteiger partial charge in [-0.25, -0.2) is 0 Å². The van der Waals surface area contributed by atoms with Crippen LogP contribution in [0.4, 0.5) is 0 Å². The van der Waals surface area contributed by atoms with Crippen LogP contribution in [0, 0.1) is 12.8 Å². The van der Waals surface area contributed by atoms with E-state index in [-0.39, 0.29) is 5.78 Å². The molecule has 1 N–H and O–H groups in total. The molecule has 0 aliphatic carbocycles. The summed E-state index contributed by atoms with van der Waals surface area (Å²) in [6.07, 6.45) is 0. The number of aryl methyl sites for hydroxylation is 1. The molecule has 2 aliphatic heterocycles. The van der Waals surface area contributed by atoms with Crippen LogP contribution in [0.2, 0.25) is 0 Å². The first-order valence-corrected chi connectivity index (χ1v) is 11.0. The van der Waals surface area contributed by atoms with Crippen molar-refractivity contribution in [2.75, 3.05) is 46.5 Å². The molecule has 1 amide bonds. The highest BCUT2D eigenvalue weighted by atomic mass is 16.5. The number of nitrogens with one attached hydrogen (secondary N) is 1. The lowest BCUT2D eigenvalue weighted by molar-refractivity contribution is -0.907. The van der Waals surface area contributed by atoms with Gasteiger partial charge in [-0.1, -0.05) is 42.0 Å². The van der Waals surface area contributed by atoms with E-state index in [0.717, 1.165) is 24.2 Å². The van der Waals surface area contributed by atoms with Crippen LogP contribution in [-0.4, -0.2) is 68.9 Å². The van der Waals surface area contributed by atoms with Gasteiger partial charge in [0.2, 0.25) is 5.78 Å². The lowest BCUT2D eigenvalue weighted by Crippen LogP contribution is -3.14. The minimum atomic E-state index is -1.06. The Hall–Kier alpha value is -3.03. The van der Waals surface area contributed by atoms with E-state index in [0.29, 0.717) is 37.6 Å². The predicted octanol–water partition coefficient (Wildman–Crippen LogP) is 0.870. The number of methoxy groups -OCH3 is 1. The fourth-order valence-electron chi connectivity index (χ4n) is 4.49. The number of morpholine rings is 1. The van der Waals surface area contributed by atoms with Crippen molar-refractivity contribution in [3.8, 4) is 5.75 Å². The molecule has 168 valence electrons. The van der Waals surface area contributed by atoms with Gasteiger partial charge < -0.3 is 19.3 Å². The topological polar surface area (TPSA) is 77.4 Å². The Bertz CT molecular complexity index is 980. The van der Waals surface area contributed by atoms with Crippen LogP contribution < -0.4 is 9.64 Å². The Kier molecular flexibility index (Phi) is 6.67. The summed E-state index contributed by atoms with van der Waals surface area (Å²) in [5, 5.41) is 0. The number of carbonyl (C=O) groups is 3. The molecule has 2 aliphatic rings. The Morgan fingerprint density at radius 2 is 1.72 bits per heavy atom. The summed E-state index contributed by atoms with van der Waals surface area (Å²) in [6.45, 7) is 6.18. The molecule has 7 nitrogen and oxygen atoms in total. The smallest absolute Gasteiger partial charge is 0.291 e. The van der Waals surface area contributed by atoms with Gasteiger partial charge in [0, 0.05) is 5.56 Å². The zero-order valence-electron chi connectivity index (χ0n) is 18.5. The van der Waals surface area contributed by atoms with Gasteiger partial charge in [-0.2, -0.15) is 0 Å². The number of hydrogen-bond acceptors (Lipinski definition) is 5. The van der Waals surface area contributed by atoms with Crippen molar-refractivity contribution >= 4 is 17.5 Å². The van der Waals surface area contributed by atoms with E-state index < -0.39 is 23.7 Å². The molecule has 2 aromatic rings. The Morgan fingerprint density at radius 1 is 1.06 bits per heavy atom. The summed E-state index contributed by atoms with van der Waals surface area (Å²) in [4.78, 5) is 42.5. The number of Topliss-reactive ketones (excluding diaryl/α,β-unsaturated/α-hetero) is 2. The quantitative estimate of drug-likeness (QED) is 0.395. The van der Waals surface area contributed by atoms with Gasteiger partial charge in [0.15, 0.2) is 5.78 Å². The van der Waals surface area contributed by atoms with Crippen molar-refractivity contribution < 1.29 is 28.8 Å². The molecule has 2 atom stereocenters. The number of benzene rings is 2. The second-order valence-corrected chi connectivity index (χ2v) is 8.40. The van der Waals surface area contributed by atoms with E-state index in [2.05, 4.69) is 0 Å². The van der Waals surface area contributed by atoms with Crippen LogP contribution in [0.3, 0.4) is 0 Å². The van der Waals surface area contributed by atoms with Crippen LogP contribution in [-0.2, 0) is 14.3 Å². The molecule has 2 aromatic carbocycles. The van der Waals surface area contributed by atoms with E-state index in [1.807, 2.05) is 31.2 Å². The average Bonchev–Trinajstić information content (AvgIpc) is 3.08. The number of amides is 1. The first-order chi connectivity index (χ1) is 15.5. The summed E-state index contributed by atoms with van der Waals surface area (Å²) in [5.74, 6) is -1.91. The van der Waals surface area contributed by atoms with Crippen molar-refractivity contribution in [1.29, 1.82) is 0 Å². The molecular formula is C25H29N2O5+. The molecular weight excluding hydrogens is 408 g/mol. The van der Waals surface area contributed by atoms with Crippen LogP contribution in [0.1, 0.15) is 27.5 Å². The molecule has 0 aromatic heterocycles. The number of quaternary nitrogens is 1. The zero-order valence-corrected chi connectivity index (χ0v) is 18.5. The van der Waals surface area contributed by atoms with Crippen molar-refractivity contribution in [2.45, 2.75) is 13.0 Å². The SMILES string of the molecule is COc1ccc(C2C(C(=O)c3ccc(C)cc3)C(=O)C(=O)N2CC[NH+]2CCOCC2)cc1. The van der Waals surface area contributed by atoms with E-state index in [4.69, 9.17) is 9.47 Å². The van der Waals surface area contributed by atoms with Gasteiger partial charge in [0.1, 0.15) is 24.8 Å². The van der Waals surface area contributed by atoms with Gasteiger partial charge in [-0.15, -0.1) is 0 Å². The Balaban J connectivity index is 1.66. The van der Waals surface area contributed by atoms with Crippen LogP contribution in [0.25, 0.3) is 0 Å². The van der Waals surface area contributed by atoms with E-state index in [9.17, 15) is 14.4 Å². The number of ketones is 2. The standard InChI is InChI=1S/C25H28N2O5/c1-17-3-5-19(6-4-17)23(28)21-22(18-7-9-20(31-2)10-8-18)27(25(30)24(21)29)12-11-26-13-15-32-16-14-26/h3-10,21-22H,11-16H2,1-2H3/p+1. The summed E-state index contributed by atoms with van der Waals surface area (Å²) in [5.41, 5.74) is 2.23. The largest absolute Gasteiger partial charge is 0.497 e. The summed E-state index contributed by atoms with van der Waals surface area (Å²) in [7, 11) is 1.58. The molecule has 2 heterocycles. The number of nitrogens with zero attached hydrogens (tertiary/aromatic N) is 1. The third-order valence-electron chi connectivity index (χ3n) is 6.39. The number of rotatable bonds is 7. The highest BCUT2D eigenvalue weighted by molar-refractivity contribution is 6.44. The van der Waals surface area contributed by atoms with Crippen LogP contribution >= 0.6 is 0 Å². The van der Waals surface area contributed by atoms with Crippen molar-refractivity contribution in [1.82, 2.24) is 4.90 Å². The third-order valence-corrected chi connectivity index (χ3v) is 6.39. The van der Waals surface area contributed by atoms with E-state index in [1.54, 1.807) is 36.3 Å². The van der Waals surface area contributed by atoms with Gasteiger partial charge in [-0.05, 0) is 24.6 Å². The number of likely N-dealkylation sites (tertiary alicyclic amines) is 1. The number of carbonyl (C=O) groups excluding carboxylic acids is 3. The minimum Gasteiger partial charge on any atom is -0.497 e. The fourth-order valence-corrected chi connectivity index (χ4v) is 4.49. The molecule has 2 saturated heterocycles. The van der Waals surface area contributed by atoms with E-state index >= 15 is 0 Å². The first kappa shape index (κ1) is 22.2. The number of hydrogen-bond donors (Lipinski definition) is 1. The fraction of sp³-hybridized carbons (Fsp3) is 0.400. The molecule has 0 bridgehead atoms. The molecule has 0 spiro atoms. The summed E-state index contributed by atoms with van der Waals surface area (Å²) in [6, 6.07) is 13.8. The molecule has 2 unspecified atom stereocenters. The molecule has 7 heteroatoms. The monoisotopic (exact) mass is 437 g/mol. The lowest BCUT2D eigenvalue weighted by Gasteiger charge is -2.30. The Morgan fingerprint density at radius 3 is 2.34 bits per heavy atom. The van der Waals surface area contributed by atoms with Crippen LogP contribution in [0.5, 0.6) is 5.75 Å². The van der Waals surface area contributed by atoms with Crippen LogP contribution in [0.15, 0.2) is 48.5 Å². The van der Waals surface area contributed by atoms with Crippen molar-refractivity contribution in [2.24, 2.45) is 5.92 Å². The van der Waals surface area contributed by atoms with Crippen molar-refractivity contribution in [3.63, 3.8) is 0 Å². The maximum atomic E-state index is 13.4. The normalized spacial score (nSPS) is 21.8. The Labute approximate surface area is 187 Å². The second kappa shape index (κ2) is 9.63. The highest BCUT2D eigenvalue weighted by Crippen LogP contribution is 2.38. The third kappa shape index (κ3) is 4.45. The maximum Gasteiger partial charge on any atom is 0.291 e. The molecule has 0 saturated carbocycles. The second-order valence-electron chi connectivity index (χ2n) is 8.40. The van der Waals surface area contributed by atoms with Crippen molar-refractivity contribution in [3.05, 3.63) is 65.2 Å². The number of ether oxygens (including phenoxy) is 2. The lowest BCUT2D eigenvalue weighted by atomic mass is 9.86. The molecule has 0 radical (unpaired) electrons. The van der Waals surface area contributed by atoms with Gasteiger partial charge in [0.25, 0.3) is 5.91 Å². The first-order valence-electron chi connectivity index (χ1n) is 11.0. The maximum absolute atomic E-state index is 13.4. The minimum absolute atomic E-state index is 0.314. The summed E-state index contributed by atoms with van der Waals surface area (Å²) < 4.78 is 10.7.